The Hall–Kier alpha value is -2.39. The molecule has 0 aliphatic rings. The molecular weight excluding hydrogens is 370 g/mol. The van der Waals surface area contributed by atoms with Crippen molar-refractivity contribution in [3.63, 3.8) is 0 Å². The predicted octanol–water partition coefficient (Wildman–Crippen LogP) is 7.09. The van der Waals surface area contributed by atoms with E-state index in [1.165, 1.54) is 27.1 Å². The SMILES string of the molecule is Cc1cc(-c2ccc([Si](C)(C)C)c3c2oc2ccccc23)ncc1CC(C)(C)C. The molecule has 2 aromatic carbocycles. The van der Waals surface area contributed by atoms with Crippen LogP contribution in [0.1, 0.15) is 31.9 Å². The van der Waals surface area contributed by atoms with Crippen molar-refractivity contribution in [1.82, 2.24) is 4.98 Å². The number of para-hydroxylation sites is 1. The van der Waals surface area contributed by atoms with Gasteiger partial charge < -0.3 is 4.42 Å². The molecule has 3 heteroatoms. The minimum absolute atomic E-state index is 0.249. The van der Waals surface area contributed by atoms with Gasteiger partial charge in [-0.1, -0.05) is 64.7 Å². The number of rotatable bonds is 3. The fourth-order valence-corrected chi connectivity index (χ4v) is 5.72. The second-order valence-corrected chi connectivity index (χ2v) is 15.5. The number of pyridine rings is 1. The molecule has 2 aromatic heterocycles. The molecular formula is C26H31NOSi. The zero-order chi connectivity index (χ0) is 21.0. The van der Waals surface area contributed by atoms with E-state index in [-0.39, 0.29) is 5.41 Å². The lowest BCUT2D eigenvalue weighted by Gasteiger charge is -2.20. The van der Waals surface area contributed by atoms with Gasteiger partial charge >= 0.3 is 0 Å². The highest BCUT2D eigenvalue weighted by Crippen LogP contribution is 2.36. The molecule has 0 saturated carbocycles. The summed E-state index contributed by atoms with van der Waals surface area (Å²) in [5.74, 6) is 0. The highest BCUT2D eigenvalue weighted by Gasteiger charge is 2.25. The van der Waals surface area contributed by atoms with Crippen LogP contribution in [0.25, 0.3) is 33.2 Å². The molecule has 0 bridgehead atoms. The van der Waals surface area contributed by atoms with E-state index >= 15 is 0 Å². The van der Waals surface area contributed by atoms with Crippen LogP contribution in [0, 0.1) is 12.3 Å². The summed E-state index contributed by atoms with van der Waals surface area (Å²) in [5, 5.41) is 3.93. The van der Waals surface area contributed by atoms with E-state index in [0.29, 0.717) is 0 Å². The molecule has 29 heavy (non-hydrogen) atoms. The Morgan fingerprint density at radius 1 is 1.00 bits per heavy atom. The van der Waals surface area contributed by atoms with Crippen molar-refractivity contribution in [3.05, 3.63) is 59.8 Å². The average Bonchev–Trinajstić information content (AvgIpc) is 3.00. The molecule has 0 saturated heterocycles. The van der Waals surface area contributed by atoms with E-state index in [4.69, 9.17) is 9.40 Å². The molecule has 0 aliphatic heterocycles. The number of hydrogen-bond acceptors (Lipinski definition) is 2. The largest absolute Gasteiger partial charge is 0.455 e. The Morgan fingerprint density at radius 2 is 1.72 bits per heavy atom. The van der Waals surface area contributed by atoms with Gasteiger partial charge in [-0.25, -0.2) is 0 Å². The number of furan rings is 1. The van der Waals surface area contributed by atoms with Crippen molar-refractivity contribution < 1.29 is 4.42 Å². The minimum atomic E-state index is -1.53. The van der Waals surface area contributed by atoms with Gasteiger partial charge in [-0.2, -0.15) is 0 Å². The molecule has 0 N–H and O–H groups in total. The Morgan fingerprint density at radius 3 is 2.38 bits per heavy atom. The van der Waals surface area contributed by atoms with Crippen molar-refractivity contribution in [2.24, 2.45) is 5.41 Å². The zero-order valence-electron chi connectivity index (χ0n) is 18.7. The van der Waals surface area contributed by atoms with Crippen molar-refractivity contribution in [1.29, 1.82) is 0 Å². The second kappa shape index (κ2) is 6.84. The normalized spacial score (nSPS) is 12.8. The Balaban J connectivity index is 1.95. The van der Waals surface area contributed by atoms with E-state index in [1.807, 2.05) is 6.07 Å². The number of fused-ring (bicyclic) bond motifs is 3. The van der Waals surface area contributed by atoms with E-state index in [2.05, 4.69) is 89.9 Å². The molecule has 0 radical (unpaired) electrons. The standard InChI is InChI=1S/C26H31NOSi/c1-17-14-21(27-16-18(17)15-26(2,3)4)19-12-13-23(29(5,6)7)24-20-10-8-9-11-22(20)28-25(19)24/h8-14,16H,15H2,1-7H3. The summed E-state index contributed by atoms with van der Waals surface area (Å²) < 4.78 is 6.41. The number of aromatic nitrogens is 1. The maximum Gasteiger partial charge on any atom is 0.144 e. The van der Waals surface area contributed by atoms with Crippen LogP contribution in [0.5, 0.6) is 0 Å². The first-order valence-corrected chi connectivity index (χ1v) is 14.0. The number of nitrogens with zero attached hydrogens (tertiary/aromatic N) is 1. The van der Waals surface area contributed by atoms with Crippen LogP contribution in [0.15, 0.2) is 53.1 Å². The smallest absolute Gasteiger partial charge is 0.144 e. The van der Waals surface area contributed by atoms with Crippen molar-refractivity contribution in [2.45, 2.75) is 53.8 Å². The summed E-state index contributed by atoms with van der Waals surface area (Å²) in [4.78, 5) is 4.86. The maximum absolute atomic E-state index is 6.41. The Bertz CT molecular complexity index is 1210. The topological polar surface area (TPSA) is 26.0 Å². The molecule has 0 fully saturated rings. The fourth-order valence-electron chi connectivity index (χ4n) is 4.14. The third-order valence-electron chi connectivity index (χ3n) is 5.55. The average molecular weight is 402 g/mol. The fraction of sp³-hybridized carbons (Fsp3) is 0.346. The zero-order valence-corrected chi connectivity index (χ0v) is 19.7. The third kappa shape index (κ3) is 3.76. The lowest BCUT2D eigenvalue weighted by molar-refractivity contribution is 0.410. The molecule has 0 unspecified atom stereocenters. The van der Waals surface area contributed by atoms with Gasteiger partial charge in [-0.05, 0) is 53.3 Å². The molecule has 0 atom stereocenters. The van der Waals surface area contributed by atoms with Crippen LogP contribution in [0.2, 0.25) is 19.6 Å². The predicted molar refractivity (Wildman–Crippen MR) is 128 cm³/mol. The summed E-state index contributed by atoms with van der Waals surface area (Å²) in [5.41, 5.74) is 6.87. The molecule has 2 nitrogen and oxygen atoms in total. The van der Waals surface area contributed by atoms with Gasteiger partial charge in [0.1, 0.15) is 11.2 Å². The number of aryl methyl sites for hydroxylation is 1. The molecule has 4 rings (SSSR count). The summed E-state index contributed by atoms with van der Waals surface area (Å²) in [6.45, 7) is 16.2. The highest BCUT2D eigenvalue weighted by atomic mass is 28.3. The summed E-state index contributed by atoms with van der Waals surface area (Å²) in [6.07, 6.45) is 3.08. The van der Waals surface area contributed by atoms with Gasteiger partial charge in [-0.3, -0.25) is 4.98 Å². The first-order valence-electron chi connectivity index (χ1n) is 10.5. The van der Waals surface area contributed by atoms with Gasteiger partial charge in [0.25, 0.3) is 0 Å². The minimum Gasteiger partial charge on any atom is -0.455 e. The summed E-state index contributed by atoms with van der Waals surface area (Å²) in [6, 6.07) is 15.1. The molecule has 4 aromatic rings. The lowest BCUT2D eigenvalue weighted by Crippen LogP contribution is -2.37. The van der Waals surface area contributed by atoms with E-state index < -0.39 is 8.07 Å². The Labute approximate surface area is 175 Å². The van der Waals surface area contributed by atoms with E-state index in [9.17, 15) is 0 Å². The molecule has 150 valence electrons. The van der Waals surface area contributed by atoms with Crippen LogP contribution in [-0.2, 0) is 6.42 Å². The van der Waals surface area contributed by atoms with Crippen molar-refractivity contribution >= 4 is 35.2 Å². The lowest BCUT2D eigenvalue weighted by atomic mass is 9.87. The van der Waals surface area contributed by atoms with Crippen LogP contribution in [0.3, 0.4) is 0 Å². The Kier molecular flexibility index (Phi) is 4.70. The van der Waals surface area contributed by atoms with Crippen molar-refractivity contribution in [2.75, 3.05) is 0 Å². The van der Waals surface area contributed by atoms with Crippen LogP contribution in [0.4, 0.5) is 0 Å². The van der Waals surface area contributed by atoms with E-state index in [0.717, 1.165) is 28.8 Å². The monoisotopic (exact) mass is 401 g/mol. The van der Waals surface area contributed by atoms with Gasteiger partial charge in [0.15, 0.2) is 0 Å². The number of hydrogen-bond donors (Lipinski definition) is 0. The molecule has 0 aliphatic carbocycles. The first-order chi connectivity index (χ1) is 13.5. The second-order valence-electron chi connectivity index (χ2n) is 10.4. The molecule has 0 amide bonds. The van der Waals surface area contributed by atoms with E-state index in [1.54, 1.807) is 0 Å². The van der Waals surface area contributed by atoms with Gasteiger partial charge in [0.05, 0.1) is 13.8 Å². The maximum atomic E-state index is 6.41. The van der Waals surface area contributed by atoms with Crippen LogP contribution in [-0.4, -0.2) is 13.1 Å². The third-order valence-corrected chi connectivity index (χ3v) is 7.58. The highest BCUT2D eigenvalue weighted by molar-refractivity contribution is 6.90. The van der Waals surface area contributed by atoms with Crippen molar-refractivity contribution in [3.8, 4) is 11.3 Å². The summed E-state index contributed by atoms with van der Waals surface area (Å²) in [7, 11) is -1.53. The van der Waals surface area contributed by atoms with Crippen LogP contribution >= 0.6 is 0 Å². The quantitative estimate of drug-likeness (QED) is 0.342. The van der Waals surface area contributed by atoms with Gasteiger partial charge in [0, 0.05) is 22.5 Å². The van der Waals surface area contributed by atoms with Crippen LogP contribution < -0.4 is 5.19 Å². The molecule has 2 heterocycles. The summed E-state index contributed by atoms with van der Waals surface area (Å²) >= 11 is 0. The van der Waals surface area contributed by atoms with Gasteiger partial charge in [0.2, 0.25) is 0 Å². The number of benzene rings is 2. The molecule has 0 spiro atoms. The first kappa shape index (κ1) is 19.9. The van der Waals surface area contributed by atoms with Gasteiger partial charge in [-0.15, -0.1) is 0 Å².